The van der Waals surface area contributed by atoms with Gasteiger partial charge in [-0.25, -0.2) is 0 Å². The molecule has 0 N–H and O–H groups in total. The van der Waals surface area contributed by atoms with Crippen LogP contribution in [0.25, 0.3) is 0 Å². The number of hydrogen-bond donors (Lipinski definition) is 0. The lowest BCUT2D eigenvalue weighted by atomic mass is 10.0. The lowest BCUT2D eigenvalue weighted by Crippen LogP contribution is -2.20. The molecule has 0 radical (unpaired) electrons. The van der Waals surface area contributed by atoms with E-state index in [2.05, 4.69) is 4.90 Å². The second-order valence-corrected chi connectivity index (χ2v) is 5.97. The maximum absolute atomic E-state index is 6.33. The summed E-state index contributed by atoms with van der Waals surface area (Å²) in [5.74, 6) is 0. The molecule has 0 amide bonds. The van der Waals surface area contributed by atoms with Crippen LogP contribution in [0.5, 0.6) is 0 Å². The Morgan fingerprint density at radius 1 is 1.05 bits per heavy atom. The van der Waals surface area contributed by atoms with Gasteiger partial charge >= 0.3 is 0 Å². The minimum absolute atomic E-state index is 0.211. The molecule has 2 aromatic carbocycles. The summed E-state index contributed by atoms with van der Waals surface area (Å²) in [6, 6.07) is 15.5. The van der Waals surface area contributed by atoms with Gasteiger partial charge in [-0.1, -0.05) is 53.5 Å². The highest BCUT2D eigenvalue weighted by Gasteiger charge is 2.17. The molecule has 2 aromatic rings. The molecule has 0 aliphatic carbocycles. The Labute approximate surface area is 136 Å². The molecule has 0 heterocycles. The van der Waals surface area contributed by atoms with E-state index in [0.29, 0.717) is 16.7 Å². The van der Waals surface area contributed by atoms with Gasteiger partial charge in [0, 0.05) is 22.2 Å². The Kier molecular flexibility index (Phi) is 6.07. The molecule has 21 heavy (non-hydrogen) atoms. The third-order valence-corrected chi connectivity index (χ3v) is 3.74. The predicted octanol–water partition coefficient (Wildman–Crippen LogP) is 4.66. The van der Waals surface area contributed by atoms with Crippen molar-refractivity contribution in [2.24, 2.45) is 0 Å². The van der Waals surface area contributed by atoms with Gasteiger partial charge in [0.25, 0.3) is 0 Å². The van der Waals surface area contributed by atoms with E-state index in [-0.39, 0.29) is 6.10 Å². The van der Waals surface area contributed by atoms with Crippen molar-refractivity contribution in [3.8, 4) is 0 Å². The van der Waals surface area contributed by atoms with Crippen molar-refractivity contribution in [1.29, 1.82) is 0 Å². The van der Waals surface area contributed by atoms with Gasteiger partial charge in [0.15, 0.2) is 0 Å². The van der Waals surface area contributed by atoms with Crippen LogP contribution in [0.15, 0.2) is 48.5 Å². The summed E-state index contributed by atoms with van der Waals surface area (Å²) in [6.45, 7) is 1.47. The molecule has 112 valence electrons. The van der Waals surface area contributed by atoms with Crippen molar-refractivity contribution in [3.63, 3.8) is 0 Å². The van der Waals surface area contributed by atoms with Gasteiger partial charge < -0.3 is 9.64 Å². The Balaban J connectivity index is 2.28. The zero-order chi connectivity index (χ0) is 15.2. The van der Waals surface area contributed by atoms with Crippen molar-refractivity contribution in [1.82, 2.24) is 4.90 Å². The van der Waals surface area contributed by atoms with Crippen LogP contribution in [-0.2, 0) is 4.74 Å². The molecule has 0 aliphatic rings. The molecule has 0 aromatic heterocycles. The van der Waals surface area contributed by atoms with Crippen molar-refractivity contribution < 1.29 is 4.74 Å². The first kappa shape index (κ1) is 16.3. The van der Waals surface area contributed by atoms with Gasteiger partial charge in [0.1, 0.15) is 6.10 Å². The summed E-state index contributed by atoms with van der Waals surface area (Å²) in [5, 5.41) is 1.40. The van der Waals surface area contributed by atoms with Crippen LogP contribution in [0.4, 0.5) is 0 Å². The number of hydrogen-bond acceptors (Lipinski definition) is 2. The zero-order valence-corrected chi connectivity index (χ0v) is 13.7. The van der Waals surface area contributed by atoms with Crippen LogP contribution in [0.2, 0.25) is 10.0 Å². The Bertz CT molecular complexity index is 587. The highest BCUT2D eigenvalue weighted by molar-refractivity contribution is 6.31. The third kappa shape index (κ3) is 4.72. The number of rotatable bonds is 6. The first-order chi connectivity index (χ1) is 10.1. The smallest absolute Gasteiger partial charge is 0.109 e. The van der Waals surface area contributed by atoms with Crippen LogP contribution in [0.1, 0.15) is 17.2 Å². The van der Waals surface area contributed by atoms with Crippen molar-refractivity contribution in [3.05, 3.63) is 69.7 Å². The Morgan fingerprint density at radius 2 is 1.81 bits per heavy atom. The summed E-state index contributed by atoms with van der Waals surface area (Å²) in [7, 11) is 4.04. The zero-order valence-electron chi connectivity index (χ0n) is 12.2. The maximum atomic E-state index is 6.33. The fourth-order valence-corrected chi connectivity index (χ4v) is 2.51. The number of benzene rings is 2. The van der Waals surface area contributed by atoms with Crippen molar-refractivity contribution in [2.75, 3.05) is 27.2 Å². The molecular weight excluding hydrogens is 305 g/mol. The Hall–Kier alpha value is -1.06. The summed E-state index contributed by atoms with van der Waals surface area (Å²) < 4.78 is 6.08. The first-order valence-electron chi connectivity index (χ1n) is 6.84. The molecule has 0 spiro atoms. The van der Waals surface area contributed by atoms with Crippen LogP contribution >= 0.6 is 23.2 Å². The van der Waals surface area contributed by atoms with Crippen LogP contribution in [-0.4, -0.2) is 32.1 Å². The highest BCUT2D eigenvalue weighted by atomic mass is 35.5. The molecule has 0 saturated carbocycles. The molecule has 0 aliphatic heterocycles. The molecule has 0 fully saturated rings. The molecule has 1 unspecified atom stereocenters. The van der Waals surface area contributed by atoms with E-state index in [0.717, 1.165) is 17.7 Å². The van der Waals surface area contributed by atoms with Gasteiger partial charge in [0.2, 0.25) is 0 Å². The minimum Gasteiger partial charge on any atom is -0.367 e. The second-order valence-electron chi connectivity index (χ2n) is 5.13. The average Bonchev–Trinajstić information content (AvgIpc) is 2.44. The topological polar surface area (TPSA) is 12.5 Å². The van der Waals surface area contributed by atoms with Gasteiger partial charge in [-0.3, -0.25) is 0 Å². The fourth-order valence-electron chi connectivity index (χ4n) is 2.08. The fraction of sp³-hybridized carbons (Fsp3) is 0.294. The van der Waals surface area contributed by atoms with Gasteiger partial charge in [0.05, 0.1) is 6.61 Å². The lowest BCUT2D eigenvalue weighted by molar-refractivity contribution is 0.0688. The number of nitrogens with zero attached hydrogens (tertiary/aromatic N) is 1. The first-order valence-corrected chi connectivity index (χ1v) is 7.59. The molecule has 1 atom stereocenters. The predicted molar refractivity (Wildman–Crippen MR) is 89.3 cm³/mol. The molecule has 2 nitrogen and oxygen atoms in total. The number of halogens is 2. The van der Waals surface area contributed by atoms with E-state index in [1.807, 2.05) is 62.6 Å². The lowest BCUT2D eigenvalue weighted by Gasteiger charge is -2.21. The van der Waals surface area contributed by atoms with E-state index in [4.69, 9.17) is 27.9 Å². The highest BCUT2D eigenvalue weighted by Crippen LogP contribution is 2.32. The second kappa shape index (κ2) is 7.81. The van der Waals surface area contributed by atoms with E-state index >= 15 is 0 Å². The van der Waals surface area contributed by atoms with Crippen molar-refractivity contribution >= 4 is 23.2 Å². The van der Waals surface area contributed by atoms with E-state index in [9.17, 15) is 0 Å². The molecule has 0 saturated heterocycles. The normalized spacial score (nSPS) is 12.6. The average molecular weight is 324 g/mol. The minimum atomic E-state index is -0.211. The van der Waals surface area contributed by atoms with E-state index in [1.54, 1.807) is 0 Å². The maximum Gasteiger partial charge on any atom is 0.109 e. The standard InChI is InChI=1S/C17H19Cl2NO/c1-20(2)10-11-21-17(13-6-5-7-14(18)12-13)15-8-3-4-9-16(15)19/h3-9,12,17H,10-11H2,1-2H3. The molecule has 4 heteroatoms. The van der Waals surface area contributed by atoms with Gasteiger partial charge in [-0.15, -0.1) is 0 Å². The summed E-state index contributed by atoms with van der Waals surface area (Å²) >= 11 is 12.4. The van der Waals surface area contributed by atoms with Gasteiger partial charge in [-0.05, 0) is 37.9 Å². The SMILES string of the molecule is CN(C)CCOC(c1cccc(Cl)c1)c1ccccc1Cl. The summed E-state index contributed by atoms with van der Waals surface area (Å²) in [4.78, 5) is 2.08. The third-order valence-electron chi connectivity index (χ3n) is 3.16. The molecule has 0 bridgehead atoms. The van der Waals surface area contributed by atoms with E-state index < -0.39 is 0 Å². The number of ether oxygens (including phenoxy) is 1. The quantitative estimate of drug-likeness (QED) is 0.766. The monoisotopic (exact) mass is 323 g/mol. The molecule has 2 rings (SSSR count). The largest absolute Gasteiger partial charge is 0.367 e. The summed E-state index contributed by atoms with van der Waals surface area (Å²) in [5.41, 5.74) is 1.97. The van der Waals surface area contributed by atoms with E-state index in [1.165, 1.54) is 0 Å². The summed E-state index contributed by atoms with van der Waals surface area (Å²) in [6.07, 6.45) is -0.211. The van der Waals surface area contributed by atoms with Crippen molar-refractivity contribution in [2.45, 2.75) is 6.10 Å². The Morgan fingerprint density at radius 3 is 2.48 bits per heavy atom. The number of likely N-dealkylation sites (N-methyl/N-ethyl adjacent to an activating group) is 1. The molecular formula is C17H19Cl2NO. The van der Waals surface area contributed by atoms with Crippen LogP contribution in [0.3, 0.4) is 0 Å². The van der Waals surface area contributed by atoms with Gasteiger partial charge in [-0.2, -0.15) is 0 Å². The van der Waals surface area contributed by atoms with Crippen LogP contribution < -0.4 is 0 Å². The van der Waals surface area contributed by atoms with Crippen LogP contribution in [0, 0.1) is 0 Å².